The Labute approximate surface area is 93.9 Å². The van der Waals surface area contributed by atoms with Crippen LogP contribution in [0.1, 0.15) is 25.0 Å². The molecule has 0 amide bonds. The highest BCUT2D eigenvalue weighted by Crippen LogP contribution is 2.23. The van der Waals surface area contributed by atoms with E-state index in [1.165, 1.54) is 5.56 Å². The molecule has 76 valence electrons. The molecule has 0 spiro atoms. The van der Waals surface area contributed by atoms with Gasteiger partial charge in [-0.1, -0.05) is 22.5 Å². The molecule has 14 heavy (non-hydrogen) atoms. The Morgan fingerprint density at radius 2 is 2.07 bits per heavy atom. The van der Waals surface area contributed by atoms with Crippen molar-refractivity contribution in [1.29, 1.82) is 0 Å². The van der Waals surface area contributed by atoms with Gasteiger partial charge < -0.3 is 4.74 Å². The minimum absolute atomic E-state index is 0.172. The van der Waals surface area contributed by atoms with Gasteiger partial charge in [-0.3, -0.25) is 0 Å². The quantitative estimate of drug-likeness (QED) is 0.737. The molecular formula is C12H15BrO. The zero-order valence-corrected chi connectivity index (χ0v) is 10.4. The summed E-state index contributed by atoms with van der Waals surface area (Å²) < 4.78 is 6.63. The summed E-state index contributed by atoms with van der Waals surface area (Å²) in [6.07, 6.45) is 0.172. The van der Waals surface area contributed by atoms with Crippen molar-refractivity contribution in [2.75, 3.05) is 0 Å². The minimum Gasteiger partial charge on any atom is -0.491 e. The van der Waals surface area contributed by atoms with E-state index >= 15 is 0 Å². The lowest BCUT2D eigenvalue weighted by atomic mass is 10.1. The molecule has 0 atom stereocenters. The molecule has 0 aromatic heterocycles. The predicted molar refractivity (Wildman–Crippen MR) is 64.1 cm³/mol. The summed E-state index contributed by atoms with van der Waals surface area (Å²) in [5, 5.41) is 0. The van der Waals surface area contributed by atoms with Crippen molar-refractivity contribution in [3.8, 4) is 0 Å². The summed E-state index contributed by atoms with van der Waals surface area (Å²) in [6, 6.07) is 6.07. The third-order valence-corrected chi connectivity index (χ3v) is 2.36. The second-order valence-corrected chi connectivity index (χ2v) is 4.46. The van der Waals surface area contributed by atoms with E-state index in [1.807, 2.05) is 26.0 Å². The number of benzene rings is 1. The smallest absolute Gasteiger partial charge is 0.120 e. The van der Waals surface area contributed by atoms with Gasteiger partial charge in [-0.15, -0.1) is 0 Å². The Balaban J connectivity index is 2.90. The van der Waals surface area contributed by atoms with Crippen molar-refractivity contribution in [2.45, 2.75) is 26.9 Å². The van der Waals surface area contributed by atoms with Gasteiger partial charge in [-0.25, -0.2) is 0 Å². The van der Waals surface area contributed by atoms with E-state index in [1.54, 1.807) is 0 Å². The maximum Gasteiger partial charge on any atom is 0.120 e. The average Bonchev–Trinajstić information content (AvgIpc) is 2.01. The Bertz CT molecular complexity index is 342. The maximum absolute atomic E-state index is 5.55. The first-order chi connectivity index (χ1) is 6.50. The average molecular weight is 255 g/mol. The van der Waals surface area contributed by atoms with E-state index in [2.05, 4.69) is 35.5 Å². The molecule has 0 fully saturated rings. The molecule has 0 radical (unpaired) electrons. The number of ether oxygens (including phenoxy) is 1. The predicted octanol–water partition coefficient (Wildman–Crippen LogP) is 4.15. The van der Waals surface area contributed by atoms with E-state index in [0.717, 1.165) is 15.8 Å². The van der Waals surface area contributed by atoms with Gasteiger partial charge in [0.1, 0.15) is 5.76 Å². The summed E-state index contributed by atoms with van der Waals surface area (Å²) in [5.41, 5.74) is 2.24. The van der Waals surface area contributed by atoms with Crippen molar-refractivity contribution in [3.05, 3.63) is 40.4 Å². The standard InChI is InChI=1S/C12H15BrO/c1-8(2)14-10(4)12-6-5-11(13)7-9(12)3/h5-8H,4H2,1-3H3. The molecule has 0 bridgehead atoms. The molecule has 0 heterocycles. The monoisotopic (exact) mass is 254 g/mol. The molecule has 0 aliphatic carbocycles. The van der Waals surface area contributed by atoms with Crippen molar-refractivity contribution >= 4 is 21.7 Å². The van der Waals surface area contributed by atoms with Gasteiger partial charge in [0.05, 0.1) is 6.10 Å². The molecule has 0 unspecified atom stereocenters. The van der Waals surface area contributed by atoms with Gasteiger partial charge >= 0.3 is 0 Å². The first-order valence-corrected chi connectivity index (χ1v) is 5.42. The van der Waals surface area contributed by atoms with Gasteiger partial charge in [0.25, 0.3) is 0 Å². The van der Waals surface area contributed by atoms with E-state index in [-0.39, 0.29) is 6.10 Å². The highest BCUT2D eigenvalue weighted by atomic mass is 79.9. The summed E-state index contributed by atoms with van der Waals surface area (Å²) >= 11 is 3.43. The van der Waals surface area contributed by atoms with Crippen molar-refractivity contribution in [2.24, 2.45) is 0 Å². The van der Waals surface area contributed by atoms with Gasteiger partial charge in [-0.05, 0) is 44.5 Å². The molecule has 0 aliphatic heterocycles. The van der Waals surface area contributed by atoms with Crippen molar-refractivity contribution < 1.29 is 4.74 Å². The SMILES string of the molecule is C=C(OC(C)C)c1ccc(Br)cc1C. The van der Waals surface area contributed by atoms with E-state index in [0.29, 0.717) is 0 Å². The fraction of sp³-hybridized carbons (Fsp3) is 0.333. The third-order valence-electron chi connectivity index (χ3n) is 1.87. The lowest BCUT2D eigenvalue weighted by Crippen LogP contribution is -2.01. The van der Waals surface area contributed by atoms with Crippen LogP contribution in [0.2, 0.25) is 0 Å². The van der Waals surface area contributed by atoms with Crippen LogP contribution in [0, 0.1) is 6.92 Å². The zero-order chi connectivity index (χ0) is 10.7. The van der Waals surface area contributed by atoms with Crippen LogP contribution in [-0.4, -0.2) is 6.10 Å². The van der Waals surface area contributed by atoms with E-state index in [4.69, 9.17) is 4.74 Å². The van der Waals surface area contributed by atoms with E-state index in [9.17, 15) is 0 Å². The Morgan fingerprint density at radius 1 is 1.43 bits per heavy atom. The molecule has 0 N–H and O–H groups in total. The van der Waals surface area contributed by atoms with Crippen LogP contribution in [-0.2, 0) is 4.74 Å². The molecule has 0 saturated heterocycles. The Kier molecular flexibility index (Phi) is 3.76. The minimum atomic E-state index is 0.172. The lowest BCUT2D eigenvalue weighted by Gasteiger charge is -2.14. The molecule has 1 aromatic carbocycles. The number of halogens is 1. The molecule has 1 rings (SSSR count). The van der Waals surface area contributed by atoms with Crippen LogP contribution in [0.25, 0.3) is 5.76 Å². The van der Waals surface area contributed by atoms with Crippen LogP contribution >= 0.6 is 15.9 Å². The van der Waals surface area contributed by atoms with Crippen LogP contribution in [0.4, 0.5) is 0 Å². The fourth-order valence-electron chi connectivity index (χ4n) is 1.29. The molecule has 1 aromatic rings. The molecular weight excluding hydrogens is 240 g/mol. The summed E-state index contributed by atoms with van der Waals surface area (Å²) in [4.78, 5) is 0. The third kappa shape index (κ3) is 2.88. The Hall–Kier alpha value is -0.760. The summed E-state index contributed by atoms with van der Waals surface area (Å²) in [7, 11) is 0. The first kappa shape index (κ1) is 11.3. The van der Waals surface area contributed by atoms with Crippen molar-refractivity contribution in [3.63, 3.8) is 0 Å². The molecule has 2 heteroatoms. The molecule has 0 saturated carbocycles. The second-order valence-electron chi connectivity index (χ2n) is 3.55. The van der Waals surface area contributed by atoms with Crippen LogP contribution < -0.4 is 0 Å². The number of hydrogen-bond donors (Lipinski definition) is 0. The fourth-order valence-corrected chi connectivity index (χ4v) is 1.76. The maximum atomic E-state index is 5.55. The highest BCUT2D eigenvalue weighted by molar-refractivity contribution is 9.10. The number of rotatable bonds is 3. The molecule has 1 nitrogen and oxygen atoms in total. The number of hydrogen-bond acceptors (Lipinski definition) is 1. The topological polar surface area (TPSA) is 9.23 Å². The van der Waals surface area contributed by atoms with Crippen LogP contribution in [0.3, 0.4) is 0 Å². The first-order valence-electron chi connectivity index (χ1n) is 4.63. The summed E-state index contributed by atoms with van der Waals surface area (Å²) in [5.74, 6) is 0.741. The number of aryl methyl sites for hydroxylation is 1. The van der Waals surface area contributed by atoms with Gasteiger partial charge in [0, 0.05) is 10.0 Å². The molecule has 0 aliphatic rings. The van der Waals surface area contributed by atoms with Crippen LogP contribution in [0.5, 0.6) is 0 Å². The highest BCUT2D eigenvalue weighted by Gasteiger charge is 2.05. The lowest BCUT2D eigenvalue weighted by molar-refractivity contribution is 0.205. The van der Waals surface area contributed by atoms with Crippen LogP contribution in [0.15, 0.2) is 29.3 Å². The normalized spacial score (nSPS) is 10.4. The summed E-state index contributed by atoms with van der Waals surface area (Å²) in [6.45, 7) is 9.97. The second kappa shape index (κ2) is 4.65. The zero-order valence-electron chi connectivity index (χ0n) is 8.80. The van der Waals surface area contributed by atoms with Gasteiger partial charge in [0.2, 0.25) is 0 Å². The van der Waals surface area contributed by atoms with E-state index < -0.39 is 0 Å². The van der Waals surface area contributed by atoms with Crippen molar-refractivity contribution in [1.82, 2.24) is 0 Å². The largest absolute Gasteiger partial charge is 0.491 e. The van der Waals surface area contributed by atoms with Gasteiger partial charge in [-0.2, -0.15) is 0 Å². The Morgan fingerprint density at radius 3 is 2.57 bits per heavy atom. The van der Waals surface area contributed by atoms with Gasteiger partial charge in [0.15, 0.2) is 0 Å².